The van der Waals surface area contributed by atoms with Gasteiger partial charge in [-0.1, -0.05) is 0 Å². The molecule has 2 aliphatic rings. The zero-order chi connectivity index (χ0) is 17.0. The molecule has 2 rings (SSSR count). The number of nitrogens with one attached hydrogen (secondary N) is 2. The maximum absolute atomic E-state index is 5.65. The number of hydrogen-bond donors (Lipinski definition) is 2. The monoisotopic (exact) mass is 339 g/mol. The van der Waals surface area contributed by atoms with E-state index in [2.05, 4.69) is 32.5 Å². The van der Waals surface area contributed by atoms with Crippen LogP contribution in [0.5, 0.6) is 0 Å². The summed E-state index contributed by atoms with van der Waals surface area (Å²) in [6.45, 7) is 9.74. The molecule has 2 fully saturated rings. The van der Waals surface area contributed by atoms with E-state index in [9.17, 15) is 0 Å². The maximum atomic E-state index is 5.65. The third-order valence-electron chi connectivity index (χ3n) is 4.79. The molecule has 0 aromatic heterocycles. The molecule has 0 atom stereocenters. The van der Waals surface area contributed by atoms with Gasteiger partial charge in [-0.2, -0.15) is 0 Å². The highest BCUT2D eigenvalue weighted by atomic mass is 16.5. The largest absolute Gasteiger partial charge is 0.381 e. The van der Waals surface area contributed by atoms with Gasteiger partial charge in [-0.25, -0.2) is 0 Å². The highest BCUT2D eigenvalue weighted by Crippen LogP contribution is 2.28. The molecular weight excluding hydrogens is 302 g/mol. The number of ether oxygens (including phenoxy) is 1. The van der Waals surface area contributed by atoms with Crippen LogP contribution in [0.4, 0.5) is 0 Å². The molecule has 0 spiro atoms. The molecule has 6 heteroatoms. The maximum Gasteiger partial charge on any atom is 0.190 e. The number of hydrogen-bond acceptors (Lipinski definition) is 4. The van der Waals surface area contributed by atoms with Gasteiger partial charge in [0.1, 0.15) is 0 Å². The average Bonchev–Trinajstić information content (AvgIpc) is 3.41. The molecule has 0 radical (unpaired) electrons. The Labute approximate surface area is 148 Å². The van der Waals surface area contributed by atoms with Crippen molar-refractivity contribution in [2.45, 2.75) is 32.1 Å². The van der Waals surface area contributed by atoms with Gasteiger partial charge in [-0.3, -0.25) is 4.99 Å². The number of rotatable bonds is 10. The quantitative estimate of drug-likeness (QED) is 0.353. The van der Waals surface area contributed by atoms with Crippen LogP contribution in [0.25, 0.3) is 0 Å². The summed E-state index contributed by atoms with van der Waals surface area (Å²) in [5.41, 5.74) is 0. The highest BCUT2D eigenvalue weighted by Gasteiger charge is 2.20. The molecule has 1 aliphatic carbocycles. The molecule has 0 aromatic rings. The van der Waals surface area contributed by atoms with Crippen molar-refractivity contribution in [3.8, 4) is 0 Å². The zero-order valence-corrected chi connectivity index (χ0v) is 15.7. The average molecular weight is 340 g/mol. The number of aliphatic imine (C=N–C) groups is 1. The highest BCUT2D eigenvalue weighted by molar-refractivity contribution is 5.79. The Hall–Kier alpha value is -0.850. The molecule has 0 unspecified atom stereocenters. The van der Waals surface area contributed by atoms with Gasteiger partial charge in [-0.05, 0) is 64.7 Å². The Bertz CT molecular complexity index is 359. The fourth-order valence-electron chi connectivity index (χ4n) is 2.97. The first-order valence-corrected chi connectivity index (χ1v) is 9.71. The van der Waals surface area contributed by atoms with Crippen molar-refractivity contribution < 1.29 is 4.74 Å². The minimum absolute atomic E-state index is 0.851. The van der Waals surface area contributed by atoms with Gasteiger partial charge in [0.25, 0.3) is 0 Å². The lowest BCUT2D eigenvalue weighted by molar-refractivity contribution is 0.123. The van der Waals surface area contributed by atoms with E-state index in [0.29, 0.717) is 0 Å². The molecule has 140 valence electrons. The Balaban J connectivity index is 1.43. The molecule has 0 amide bonds. The van der Waals surface area contributed by atoms with Crippen molar-refractivity contribution in [1.82, 2.24) is 20.4 Å². The van der Waals surface area contributed by atoms with Crippen molar-refractivity contribution in [2.24, 2.45) is 10.9 Å². The number of nitrogens with zero attached hydrogens (tertiary/aromatic N) is 3. The summed E-state index contributed by atoms with van der Waals surface area (Å²) in [5, 5.41) is 6.78. The van der Waals surface area contributed by atoms with E-state index in [1.807, 2.05) is 7.05 Å². The van der Waals surface area contributed by atoms with E-state index < -0.39 is 0 Å². The van der Waals surface area contributed by atoms with Crippen LogP contribution in [-0.4, -0.2) is 88.9 Å². The Morgan fingerprint density at radius 2 is 1.88 bits per heavy atom. The molecule has 0 bridgehead atoms. The van der Waals surface area contributed by atoms with Gasteiger partial charge in [0.15, 0.2) is 5.96 Å². The first-order chi connectivity index (χ1) is 11.8. The normalized spacial score (nSPS) is 20.8. The standard InChI is InChI=1S/C18H37N5O/c1-19-18(21-9-4-15-24-16-17-6-7-17)20-8-3-11-23-12-5-10-22(2)13-14-23/h17H,3-16H2,1-2H3,(H2,19,20,21). The summed E-state index contributed by atoms with van der Waals surface area (Å²) in [5.74, 6) is 1.77. The van der Waals surface area contributed by atoms with E-state index >= 15 is 0 Å². The van der Waals surface area contributed by atoms with Gasteiger partial charge in [0.2, 0.25) is 0 Å². The van der Waals surface area contributed by atoms with Crippen LogP contribution in [0.1, 0.15) is 32.1 Å². The topological polar surface area (TPSA) is 52.1 Å². The zero-order valence-electron chi connectivity index (χ0n) is 15.7. The summed E-state index contributed by atoms with van der Waals surface area (Å²) in [6, 6.07) is 0. The first kappa shape index (κ1) is 19.5. The van der Waals surface area contributed by atoms with Crippen molar-refractivity contribution in [3.05, 3.63) is 0 Å². The SMILES string of the molecule is CN=C(NCCCOCC1CC1)NCCCN1CCCN(C)CC1. The van der Waals surface area contributed by atoms with E-state index in [1.54, 1.807) is 0 Å². The molecule has 2 N–H and O–H groups in total. The smallest absolute Gasteiger partial charge is 0.190 e. The summed E-state index contributed by atoms with van der Waals surface area (Å²) < 4.78 is 5.65. The van der Waals surface area contributed by atoms with Crippen molar-refractivity contribution in [2.75, 3.05) is 73.1 Å². The summed E-state index contributed by atoms with van der Waals surface area (Å²) >= 11 is 0. The lowest BCUT2D eigenvalue weighted by atomic mass is 10.3. The van der Waals surface area contributed by atoms with Crippen molar-refractivity contribution in [3.63, 3.8) is 0 Å². The van der Waals surface area contributed by atoms with Crippen LogP contribution < -0.4 is 10.6 Å². The van der Waals surface area contributed by atoms with Crippen LogP contribution in [0, 0.1) is 5.92 Å². The minimum Gasteiger partial charge on any atom is -0.381 e. The third-order valence-corrected chi connectivity index (χ3v) is 4.79. The van der Waals surface area contributed by atoms with Crippen LogP contribution in [0.2, 0.25) is 0 Å². The summed E-state index contributed by atoms with van der Waals surface area (Å²) in [4.78, 5) is 9.30. The third kappa shape index (κ3) is 8.85. The van der Waals surface area contributed by atoms with Gasteiger partial charge >= 0.3 is 0 Å². The van der Waals surface area contributed by atoms with Gasteiger partial charge in [0.05, 0.1) is 0 Å². The van der Waals surface area contributed by atoms with Gasteiger partial charge in [-0.15, -0.1) is 0 Å². The second-order valence-corrected chi connectivity index (χ2v) is 7.15. The Morgan fingerprint density at radius 1 is 1.08 bits per heavy atom. The number of likely N-dealkylation sites (N-methyl/N-ethyl adjacent to an activating group) is 1. The van der Waals surface area contributed by atoms with Crippen LogP contribution in [0.15, 0.2) is 4.99 Å². The fraction of sp³-hybridized carbons (Fsp3) is 0.944. The fourth-order valence-corrected chi connectivity index (χ4v) is 2.97. The molecule has 1 heterocycles. The van der Waals surface area contributed by atoms with Gasteiger partial charge in [0, 0.05) is 46.4 Å². The molecule has 6 nitrogen and oxygen atoms in total. The lowest BCUT2D eigenvalue weighted by Gasteiger charge is -2.20. The van der Waals surface area contributed by atoms with Crippen LogP contribution in [-0.2, 0) is 4.74 Å². The predicted molar refractivity (Wildman–Crippen MR) is 101 cm³/mol. The van der Waals surface area contributed by atoms with Crippen LogP contribution in [0.3, 0.4) is 0 Å². The molecular formula is C18H37N5O. The molecule has 1 saturated heterocycles. The Morgan fingerprint density at radius 3 is 2.62 bits per heavy atom. The lowest BCUT2D eigenvalue weighted by Crippen LogP contribution is -2.39. The van der Waals surface area contributed by atoms with E-state index in [1.165, 1.54) is 52.0 Å². The van der Waals surface area contributed by atoms with Crippen molar-refractivity contribution in [1.29, 1.82) is 0 Å². The second-order valence-electron chi connectivity index (χ2n) is 7.15. The molecule has 1 aliphatic heterocycles. The molecule has 1 saturated carbocycles. The van der Waals surface area contributed by atoms with Crippen molar-refractivity contribution >= 4 is 5.96 Å². The summed E-state index contributed by atoms with van der Waals surface area (Å²) in [6.07, 6.45) is 6.21. The Kier molecular flexibility index (Phi) is 9.46. The van der Waals surface area contributed by atoms with Crippen LogP contribution >= 0.6 is 0 Å². The predicted octanol–water partition coefficient (Wildman–Crippen LogP) is 0.996. The summed E-state index contributed by atoms with van der Waals surface area (Å²) in [7, 11) is 4.06. The first-order valence-electron chi connectivity index (χ1n) is 9.71. The second kappa shape index (κ2) is 11.7. The van der Waals surface area contributed by atoms with E-state index in [4.69, 9.17) is 4.74 Å². The van der Waals surface area contributed by atoms with E-state index in [-0.39, 0.29) is 0 Å². The van der Waals surface area contributed by atoms with E-state index in [0.717, 1.165) is 51.0 Å². The van der Waals surface area contributed by atoms with Gasteiger partial charge < -0.3 is 25.2 Å². The molecule has 24 heavy (non-hydrogen) atoms. The minimum atomic E-state index is 0.851. The number of guanidine groups is 1. The molecule has 0 aromatic carbocycles.